The summed E-state index contributed by atoms with van der Waals surface area (Å²) in [7, 11) is 8.61. The summed E-state index contributed by atoms with van der Waals surface area (Å²) in [5, 5.41) is 9.10. The molecule has 0 amide bonds. The fourth-order valence-electron chi connectivity index (χ4n) is 6.29. The van der Waals surface area contributed by atoms with E-state index in [2.05, 4.69) is 126 Å². The van der Waals surface area contributed by atoms with Gasteiger partial charge in [-0.05, 0) is 46.4 Å². The minimum absolute atomic E-state index is 0.920. The fourth-order valence-corrected chi connectivity index (χ4v) is 6.29. The van der Waals surface area contributed by atoms with Crippen LogP contribution in [0.15, 0.2) is 79.0 Å². The van der Waals surface area contributed by atoms with Crippen molar-refractivity contribution in [2.75, 3.05) is 41.3 Å². The topological polar surface area (TPSA) is 29.2 Å². The molecule has 0 N–H and O–H groups in total. The second kappa shape index (κ2) is 8.83. The van der Waals surface area contributed by atoms with Crippen LogP contribution >= 0.6 is 0 Å². The van der Waals surface area contributed by atoms with Gasteiger partial charge in [-0.2, -0.15) is 0 Å². The monoisotopic (exact) mass is 499 g/mol. The third kappa shape index (κ3) is 3.35. The Labute approximate surface area is 222 Å². The lowest BCUT2D eigenvalue weighted by Gasteiger charge is -2.16. The van der Waals surface area contributed by atoms with E-state index in [0.717, 1.165) is 31.7 Å². The zero-order valence-corrected chi connectivity index (χ0v) is 22.6. The molecule has 0 atom stereocenters. The lowest BCUT2D eigenvalue weighted by molar-refractivity contribution is 0.389. The van der Waals surface area contributed by atoms with Crippen molar-refractivity contribution in [1.29, 1.82) is 0 Å². The molecule has 190 valence electrons. The normalized spacial score (nSPS) is 12.6. The number of para-hydroxylation sites is 3. The van der Waals surface area contributed by atoms with Gasteiger partial charge in [0.2, 0.25) is 0 Å². The third-order valence-corrected chi connectivity index (χ3v) is 8.00. The van der Waals surface area contributed by atoms with Crippen LogP contribution in [0.3, 0.4) is 0 Å². The highest BCUT2D eigenvalue weighted by atomic mass is 15.1. The van der Waals surface area contributed by atoms with Crippen molar-refractivity contribution < 1.29 is 0 Å². The van der Waals surface area contributed by atoms with E-state index < -0.39 is 0 Å². The average Bonchev–Trinajstić information content (AvgIpc) is 3.43. The van der Waals surface area contributed by atoms with Crippen molar-refractivity contribution in [2.24, 2.45) is 0 Å². The number of hydrogen-bond donors (Lipinski definition) is 0. The minimum atomic E-state index is 0.920. The number of likely N-dealkylation sites (N-methyl/N-ethyl adjacent to an activating group) is 2. The molecule has 5 heteroatoms. The predicted octanol–water partition coefficient (Wildman–Crippen LogP) is 6.73. The zero-order chi connectivity index (χ0) is 26.0. The molecule has 0 spiro atoms. The van der Waals surface area contributed by atoms with Crippen molar-refractivity contribution >= 4 is 65.3 Å². The maximum absolute atomic E-state index is 4.99. The maximum atomic E-state index is 4.99. The van der Waals surface area contributed by atoms with Crippen molar-refractivity contribution in [2.45, 2.75) is 13.1 Å². The van der Waals surface area contributed by atoms with E-state index in [-0.39, 0.29) is 0 Å². The van der Waals surface area contributed by atoms with Gasteiger partial charge in [0, 0.05) is 81.1 Å². The molecule has 0 aliphatic carbocycles. The van der Waals surface area contributed by atoms with Gasteiger partial charge in [-0.1, -0.05) is 54.6 Å². The Balaban J connectivity index is 1.80. The van der Waals surface area contributed by atoms with Crippen LogP contribution in [0, 0.1) is 0 Å². The Hall–Kier alpha value is -3.93. The largest absolute Gasteiger partial charge is 0.339 e. The van der Waals surface area contributed by atoms with Crippen LogP contribution in [0.5, 0.6) is 0 Å². The molecule has 3 heterocycles. The Morgan fingerprint density at radius 3 is 1.66 bits per heavy atom. The number of aromatic nitrogens is 3. The van der Waals surface area contributed by atoms with E-state index >= 15 is 0 Å². The molecule has 0 aliphatic rings. The smallest absolute Gasteiger partial charge is 0.0709 e. The fraction of sp³-hybridized carbons (Fsp3) is 0.242. The highest BCUT2D eigenvalue weighted by molar-refractivity contribution is 6.39. The van der Waals surface area contributed by atoms with E-state index in [4.69, 9.17) is 4.98 Å². The first-order valence-corrected chi connectivity index (χ1v) is 13.5. The summed E-state index contributed by atoms with van der Waals surface area (Å²) in [5.41, 5.74) is 6.25. The number of benzene rings is 4. The maximum Gasteiger partial charge on any atom is 0.0709 e. The first-order chi connectivity index (χ1) is 18.5. The van der Waals surface area contributed by atoms with E-state index in [1.807, 2.05) is 0 Å². The van der Waals surface area contributed by atoms with Crippen LogP contribution in [-0.4, -0.2) is 65.2 Å². The van der Waals surface area contributed by atoms with E-state index in [0.29, 0.717) is 0 Å². The summed E-state index contributed by atoms with van der Waals surface area (Å²) in [6.45, 7) is 3.79. The highest BCUT2D eigenvalue weighted by Gasteiger charge is 2.24. The van der Waals surface area contributed by atoms with Crippen LogP contribution in [0.4, 0.5) is 0 Å². The van der Waals surface area contributed by atoms with Crippen molar-refractivity contribution in [3.63, 3.8) is 0 Å². The zero-order valence-electron chi connectivity index (χ0n) is 22.6. The summed E-state index contributed by atoms with van der Waals surface area (Å²) in [5.74, 6) is 0. The Bertz CT molecular complexity index is 1990. The number of nitrogens with zero attached hydrogens (tertiary/aromatic N) is 5. The second-order valence-electron chi connectivity index (χ2n) is 11.0. The number of fused-ring (bicyclic) bond motifs is 12. The summed E-state index contributed by atoms with van der Waals surface area (Å²) >= 11 is 0. The Morgan fingerprint density at radius 1 is 0.553 bits per heavy atom. The van der Waals surface area contributed by atoms with Gasteiger partial charge in [-0.3, -0.25) is 4.98 Å². The van der Waals surface area contributed by atoms with Crippen LogP contribution < -0.4 is 0 Å². The molecule has 4 aromatic carbocycles. The van der Waals surface area contributed by atoms with Crippen molar-refractivity contribution in [1.82, 2.24) is 23.9 Å². The highest BCUT2D eigenvalue weighted by Crippen LogP contribution is 2.46. The van der Waals surface area contributed by atoms with Gasteiger partial charge < -0.3 is 18.9 Å². The SMILES string of the molecule is CN(C)CCn1c2ccccc2c2c3c4ccccc4n(CCN(C)C)c3c3c4ccccc4ncc3c21. The van der Waals surface area contributed by atoms with Crippen LogP contribution in [0.25, 0.3) is 65.3 Å². The second-order valence-corrected chi connectivity index (χ2v) is 11.0. The van der Waals surface area contributed by atoms with Gasteiger partial charge in [0.05, 0.1) is 16.6 Å². The van der Waals surface area contributed by atoms with E-state index in [1.165, 1.54) is 59.8 Å². The van der Waals surface area contributed by atoms with Crippen molar-refractivity contribution in [3.8, 4) is 0 Å². The average molecular weight is 500 g/mol. The van der Waals surface area contributed by atoms with Crippen molar-refractivity contribution in [3.05, 3.63) is 79.0 Å². The standard InChI is InChI=1S/C33H33N5/c1-35(2)17-19-37-27-15-9-6-12-23(27)30-31-24-13-7-10-16-28(24)38(20-18-36(3)4)33(31)29-22-11-5-8-14-26(22)34-21-25(29)32(30)37/h5-16,21H,17-20H2,1-4H3. The molecule has 0 saturated carbocycles. The molecule has 38 heavy (non-hydrogen) atoms. The summed E-state index contributed by atoms with van der Waals surface area (Å²) < 4.78 is 5.10. The number of hydrogen-bond acceptors (Lipinski definition) is 3. The van der Waals surface area contributed by atoms with Gasteiger partial charge in [0.1, 0.15) is 0 Å². The van der Waals surface area contributed by atoms with E-state index in [9.17, 15) is 0 Å². The van der Waals surface area contributed by atoms with Gasteiger partial charge in [-0.25, -0.2) is 0 Å². The lowest BCUT2D eigenvalue weighted by atomic mass is 9.98. The summed E-state index contributed by atoms with van der Waals surface area (Å²) in [6.07, 6.45) is 2.12. The Kier molecular flexibility index (Phi) is 5.39. The van der Waals surface area contributed by atoms with Gasteiger partial charge in [-0.15, -0.1) is 0 Å². The van der Waals surface area contributed by atoms with Crippen LogP contribution in [0.1, 0.15) is 0 Å². The molecule has 0 aliphatic heterocycles. The predicted molar refractivity (Wildman–Crippen MR) is 162 cm³/mol. The molecule has 0 saturated heterocycles. The van der Waals surface area contributed by atoms with Gasteiger partial charge >= 0.3 is 0 Å². The third-order valence-electron chi connectivity index (χ3n) is 8.00. The quantitative estimate of drug-likeness (QED) is 0.238. The van der Waals surface area contributed by atoms with Crippen LogP contribution in [-0.2, 0) is 13.1 Å². The number of rotatable bonds is 6. The van der Waals surface area contributed by atoms with E-state index in [1.54, 1.807) is 0 Å². The summed E-state index contributed by atoms with van der Waals surface area (Å²) in [6, 6.07) is 26.5. The van der Waals surface area contributed by atoms with Crippen LogP contribution in [0.2, 0.25) is 0 Å². The Morgan fingerprint density at radius 2 is 1.05 bits per heavy atom. The molecule has 5 nitrogen and oxygen atoms in total. The molecule has 0 radical (unpaired) electrons. The lowest BCUT2D eigenvalue weighted by Crippen LogP contribution is -2.18. The van der Waals surface area contributed by atoms with Gasteiger partial charge in [0.15, 0.2) is 0 Å². The molecule has 3 aromatic heterocycles. The molecule has 7 rings (SSSR count). The molecular formula is C33H33N5. The van der Waals surface area contributed by atoms with Gasteiger partial charge in [0.25, 0.3) is 0 Å². The molecule has 0 unspecified atom stereocenters. The first kappa shape index (κ1) is 23.2. The summed E-state index contributed by atoms with van der Waals surface area (Å²) in [4.78, 5) is 9.53. The first-order valence-electron chi connectivity index (χ1n) is 13.5. The minimum Gasteiger partial charge on any atom is -0.339 e. The molecule has 7 aromatic rings. The molecular weight excluding hydrogens is 466 g/mol. The molecule has 0 fully saturated rings. The number of pyridine rings is 1. The molecule has 0 bridgehead atoms.